The molecule has 0 radical (unpaired) electrons. The zero-order valence-electron chi connectivity index (χ0n) is 11.8. The minimum atomic E-state index is 0.466. The van der Waals surface area contributed by atoms with Crippen molar-refractivity contribution in [2.24, 2.45) is 0 Å². The molecule has 3 rings (SSSR count). The van der Waals surface area contributed by atoms with Gasteiger partial charge in [0, 0.05) is 12.6 Å². The van der Waals surface area contributed by atoms with Gasteiger partial charge >= 0.3 is 0 Å². The molecule has 1 fully saturated rings. The summed E-state index contributed by atoms with van der Waals surface area (Å²) in [6.07, 6.45) is 4.37. The summed E-state index contributed by atoms with van der Waals surface area (Å²) in [5.74, 6) is 0.998. The molecule has 2 aromatic rings. The van der Waals surface area contributed by atoms with Crippen molar-refractivity contribution in [3.05, 3.63) is 60.1 Å². The van der Waals surface area contributed by atoms with Gasteiger partial charge in [-0.05, 0) is 43.6 Å². The Labute approximate surface area is 120 Å². The maximum Gasteiger partial charge on any atom is 0.117 e. The highest BCUT2D eigenvalue weighted by molar-refractivity contribution is 5.19. The molecule has 1 unspecified atom stereocenters. The maximum absolute atomic E-state index is 5.37. The third-order valence-electron chi connectivity index (χ3n) is 3.98. The molecule has 3 heteroatoms. The molecular formula is C17H22N2O. The molecule has 1 aromatic heterocycles. The van der Waals surface area contributed by atoms with Crippen LogP contribution in [0.3, 0.4) is 0 Å². The molecule has 3 nitrogen and oxygen atoms in total. The number of nitrogens with zero attached hydrogens (tertiary/aromatic N) is 1. The molecule has 1 aromatic carbocycles. The van der Waals surface area contributed by atoms with Gasteiger partial charge in [0.1, 0.15) is 5.76 Å². The van der Waals surface area contributed by atoms with Gasteiger partial charge in [0.05, 0.1) is 12.8 Å². The van der Waals surface area contributed by atoms with Gasteiger partial charge < -0.3 is 9.73 Å². The minimum absolute atomic E-state index is 0.466. The first kappa shape index (κ1) is 13.4. The molecule has 0 amide bonds. The largest absolute Gasteiger partial charge is 0.468 e. The summed E-state index contributed by atoms with van der Waals surface area (Å²) in [4.78, 5) is 2.59. The van der Waals surface area contributed by atoms with E-state index in [1.165, 1.54) is 31.5 Å². The lowest BCUT2D eigenvalue weighted by molar-refractivity contribution is 0.237. The highest BCUT2D eigenvalue weighted by Crippen LogP contribution is 2.24. The lowest BCUT2D eigenvalue weighted by atomic mass is 10.1. The van der Waals surface area contributed by atoms with Crippen LogP contribution in [0.2, 0.25) is 0 Å². The van der Waals surface area contributed by atoms with Crippen molar-refractivity contribution >= 4 is 0 Å². The van der Waals surface area contributed by atoms with E-state index in [9.17, 15) is 0 Å². The van der Waals surface area contributed by atoms with Crippen molar-refractivity contribution < 1.29 is 4.42 Å². The molecule has 1 N–H and O–H groups in total. The molecule has 0 aliphatic carbocycles. The van der Waals surface area contributed by atoms with Crippen LogP contribution in [0.4, 0.5) is 0 Å². The Bertz CT molecular complexity index is 489. The van der Waals surface area contributed by atoms with E-state index in [1.54, 1.807) is 6.26 Å². The summed E-state index contributed by atoms with van der Waals surface area (Å²) in [7, 11) is 0. The normalized spacial score (nSPS) is 17.4. The summed E-state index contributed by atoms with van der Waals surface area (Å²) in [6, 6.07) is 15.2. The van der Waals surface area contributed by atoms with Gasteiger partial charge in [-0.1, -0.05) is 30.3 Å². The Balaban J connectivity index is 1.63. The molecule has 20 heavy (non-hydrogen) atoms. The van der Waals surface area contributed by atoms with E-state index in [0.717, 1.165) is 18.8 Å². The third kappa shape index (κ3) is 3.30. The number of likely N-dealkylation sites (tertiary alicyclic amines) is 1. The van der Waals surface area contributed by atoms with Crippen LogP contribution in [0.25, 0.3) is 0 Å². The third-order valence-corrected chi connectivity index (χ3v) is 3.98. The molecule has 106 valence electrons. The van der Waals surface area contributed by atoms with Crippen molar-refractivity contribution in [1.82, 2.24) is 10.2 Å². The lowest BCUT2D eigenvalue weighted by Gasteiger charge is -2.28. The fourth-order valence-corrected chi connectivity index (χ4v) is 2.93. The second-order valence-electron chi connectivity index (χ2n) is 5.38. The second kappa shape index (κ2) is 6.73. The van der Waals surface area contributed by atoms with E-state index in [1.807, 2.05) is 12.1 Å². The van der Waals surface area contributed by atoms with Crippen LogP contribution < -0.4 is 5.32 Å². The topological polar surface area (TPSA) is 28.4 Å². The number of benzene rings is 1. The number of furan rings is 1. The fraction of sp³-hybridized carbons (Fsp3) is 0.412. The van der Waals surface area contributed by atoms with Gasteiger partial charge in [-0.3, -0.25) is 4.90 Å². The van der Waals surface area contributed by atoms with E-state index in [0.29, 0.717) is 6.04 Å². The fourth-order valence-electron chi connectivity index (χ4n) is 2.93. The van der Waals surface area contributed by atoms with Crippen molar-refractivity contribution in [2.75, 3.05) is 19.6 Å². The summed E-state index contributed by atoms with van der Waals surface area (Å²) in [6.45, 7) is 4.18. The Morgan fingerprint density at radius 1 is 1.05 bits per heavy atom. The van der Waals surface area contributed by atoms with Crippen LogP contribution in [0.15, 0.2) is 53.1 Å². The molecule has 0 bridgehead atoms. The minimum Gasteiger partial charge on any atom is -0.468 e. The number of hydrogen-bond donors (Lipinski definition) is 1. The molecule has 1 atom stereocenters. The predicted molar refractivity (Wildman–Crippen MR) is 80.4 cm³/mol. The lowest BCUT2D eigenvalue weighted by Crippen LogP contribution is -2.33. The van der Waals surface area contributed by atoms with E-state index in [-0.39, 0.29) is 0 Å². The SMILES string of the molecule is c1ccc(C(CNCc2ccco2)N2CCCC2)cc1. The standard InChI is InChI=1S/C17H22N2O/c1-2-7-15(8-3-1)17(19-10-4-5-11-19)14-18-13-16-9-6-12-20-16/h1-3,6-9,12,17-18H,4-5,10-11,13-14H2. The zero-order valence-corrected chi connectivity index (χ0v) is 11.8. The van der Waals surface area contributed by atoms with Crippen LogP contribution in [-0.2, 0) is 6.54 Å². The van der Waals surface area contributed by atoms with Gasteiger partial charge in [-0.25, -0.2) is 0 Å². The molecule has 1 saturated heterocycles. The number of rotatable bonds is 6. The monoisotopic (exact) mass is 270 g/mol. The first-order valence-corrected chi connectivity index (χ1v) is 7.45. The van der Waals surface area contributed by atoms with E-state index < -0.39 is 0 Å². The van der Waals surface area contributed by atoms with Crippen molar-refractivity contribution in [3.63, 3.8) is 0 Å². The highest BCUT2D eigenvalue weighted by atomic mass is 16.3. The van der Waals surface area contributed by atoms with Crippen molar-refractivity contribution in [2.45, 2.75) is 25.4 Å². The van der Waals surface area contributed by atoms with Gasteiger partial charge in [0.2, 0.25) is 0 Å². The Morgan fingerprint density at radius 2 is 1.85 bits per heavy atom. The summed E-state index contributed by atoms with van der Waals surface area (Å²) >= 11 is 0. The molecule has 0 spiro atoms. The number of hydrogen-bond acceptors (Lipinski definition) is 3. The van der Waals surface area contributed by atoms with Gasteiger partial charge in [-0.15, -0.1) is 0 Å². The first-order chi connectivity index (χ1) is 9.93. The van der Waals surface area contributed by atoms with Crippen LogP contribution in [-0.4, -0.2) is 24.5 Å². The maximum atomic E-state index is 5.37. The number of nitrogens with one attached hydrogen (secondary N) is 1. The Kier molecular flexibility index (Phi) is 4.51. The van der Waals surface area contributed by atoms with Crippen molar-refractivity contribution in [3.8, 4) is 0 Å². The predicted octanol–water partition coefficient (Wildman–Crippen LogP) is 3.21. The van der Waals surface area contributed by atoms with E-state index >= 15 is 0 Å². The average molecular weight is 270 g/mol. The molecule has 2 heterocycles. The molecule has 0 saturated carbocycles. The van der Waals surface area contributed by atoms with Gasteiger partial charge in [-0.2, -0.15) is 0 Å². The van der Waals surface area contributed by atoms with Gasteiger partial charge in [0.15, 0.2) is 0 Å². The zero-order chi connectivity index (χ0) is 13.6. The molecular weight excluding hydrogens is 248 g/mol. The van der Waals surface area contributed by atoms with Crippen LogP contribution >= 0.6 is 0 Å². The Morgan fingerprint density at radius 3 is 2.55 bits per heavy atom. The van der Waals surface area contributed by atoms with Crippen LogP contribution in [0, 0.1) is 0 Å². The van der Waals surface area contributed by atoms with Crippen molar-refractivity contribution in [1.29, 1.82) is 0 Å². The summed E-state index contributed by atoms with van der Waals surface area (Å²) in [5, 5.41) is 3.53. The van der Waals surface area contributed by atoms with E-state index in [4.69, 9.17) is 4.42 Å². The Hall–Kier alpha value is -1.58. The van der Waals surface area contributed by atoms with Crippen LogP contribution in [0.5, 0.6) is 0 Å². The molecule has 1 aliphatic heterocycles. The molecule has 1 aliphatic rings. The quantitative estimate of drug-likeness (QED) is 0.873. The summed E-state index contributed by atoms with van der Waals surface area (Å²) < 4.78 is 5.37. The first-order valence-electron chi connectivity index (χ1n) is 7.45. The second-order valence-corrected chi connectivity index (χ2v) is 5.38. The average Bonchev–Trinajstić information content (AvgIpc) is 3.18. The summed E-state index contributed by atoms with van der Waals surface area (Å²) in [5.41, 5.74) is 1.40. The van der Waals surface area contributed by atoms with Gasteiger partial charge in [0.25, 0.3) is 0 Å². The van der Waals surface area contributed by atoms with E-state index in [2.05, 4.69) is 40.5 Å². The smallest absolute Gasteiger partial charge is 0.117 e. The highest BCUT2D eigenvalue weighted by Gasteiger charge is 2.22. The van der Waals surface area contributed by atoms with Crippen LogP contribution in [0.1, 0.15) is 30.2 Å².